The van der Waals surface area contributed by atoms with Gasteiger partial charge in [-0.3, -0.25) is 9.78 Å². The number of carbonyl (C=O) groups excluding carboxylic acids is 1. The first kappa shape index (κ1) is 17.5. The molecule has 27 heavy (non-hydrogen) atoms. The number of nitrogens with zero attached hydrogens (tertiary/aromatic N) is 2. The first-order valence-electron chi connectivity index (χ1n) is 9.10. The molecule has 0 bridgehead atoms. The summed E-state index contributed by atoms with van der Waals surface area (Å²) in [5, 5.41) is 3.84. The number of pyridine rings is 1. The average molecular weight is 367 g/mol. The highest BCUT2D eigenvalue weighted by Gasteiger charge is 2.17. The Morgan fingerprint density at radius 2 is 2.19 bits per heavy atom. The van der Waals surface area contributed by atoms with E-state index >= 15 is 0 Å². The lowest BCUT2D eigenvalue weighted by Crippen LogP contribution is -2.35. The number of benzene rings is 1. The van der Waals surface area contributed by atoms with Crippen LogP contribution in [0, 0.1) is 0 Å². The van der Waals surface area contributed by atoms with Gasteiger partial charge < -0.3 is 19.2 Å². The van der Waals surface area contributed by atoms with Crippen LogP contribution in [0.2, 0.25) is 0 Å². The van der Waals surface area contributed by atoms with E-state index in [1.165, 1.54) is 6.26 Å². The van der Waals surface area contributed by atoms with Gasteiger partial charge in [0, 0.05) is 24.7 Å². The van der Waals surface area contributed by atoms with Gasteiger partial charge in [-0.2, -0.15) is 0 Å². The third kappa shape index (κ3) is 4.25. The van der Waals surface area contributed by atoms with E-state index in [-0.39, 0.29) is 24.3 Å². The molecule has 1 amide bonds. The summed E-state index contributed by atoms with van der Waals surface area (Å²) in [5.41, 5.74) is 1.01. The molecule has 1 unspecified atom stereocenters. The second-order valence-electron chi connectivity index (χ2n) is 6.45. The minimum Gasteiger partial charge on any atom is -0.482 e. The Morgan fingerprint density at radius 1 is 1.26 bits per heavy atom. The number of rotatable bonds is 6. The molecule has 0 aliphatic carbocycles. The predicted octanol–water partition coefficient (Wildman–Crippen LogP) is 3.10. The van der Waals surface area contributed by atoms with Crippen LogP contribution >= 0.6 is 0 Å². The van der Waals surface area contributed by atoms with Crippen molar-refractivity contribution in [2.75, 3.05) is 13.2 Å². The second kappa shape index (κ2) is 8.18. The first-order valence-corrected chi connectivity index (χ1v) is 9.10. The lowest BCUT2D eigenvalue weighted by Gasteiger charge is -2.22. The summed E-state index contributed by atoms with van der Waals surface area (Å²) in [6.07, 6.45) is 6.34. The summed E-state index contributed by atoms with van der Waals surface area (Å²) in [6, 6.07) is 9.57. The lowest BCUT2D eigenvalue weighted by atomic mass is 10.1. The number of amides is 1. The number of hydrogen-bond acceptors (Lipinski definition) is 6. The van der Waals surface area contributed by atoms with E-state index in [1.54, 1.807) is 6.20 Å². The van der Waals surface area contributed by atoms with Crippen LogP contribution in [0.3, 0.4) is 0 Å². The Morgan fingerprint density at radius 3 is 3.07 bits per heavy atom. The van der Waals surface area contributed by atoms with Crippen LogP contribution in [0.25, 0.3) is 10.9 Å². The molecule has 3 aromatic rings. The molecule has 1 saturated heterocycles. The van der Waals surface area contributed by atoms with Gasteiger partial charge in [0.15, 0.2) is 12.3 Å². The topological polar surface area (TPSA) is 86.5 Å². The van der Waals surface area contributed by atoms with Gasteiger partial charge >= 0.3 is 0 Å². The number of nitrogens with one attached hydrogen (secondary N) is 1. The molecule has 1 fully saturated rings. The summed E-state index contributed by atoms with van der Waals surface area (Å²) < 4.78 is 16.8. The van der Waals surface area contributed by atoms with Gasteiger partial charge in [-0.25, -0.2) is 4.98 Å². The van der Waals surface area contributed by atoms with Crippen LogP contribution in [0.1, 0.15) is 35.6 Å². The highest BCUT2D eigenvalue weighted by atomic mass is 16.5. The number of fused-ring (bicyclic) bond motifs is 1. The van der Waals surface area contributed by atoms with Gasteiger partial charge in [-0.15, -0.1) is 0 Å². The Kier molecular flexibility index (Phi) is 5.29. The zero-order valence-corrected chi connectivity index (χ0v) is 14.9. The van der Waals surface area contributed by atoms with Crippen molar-refractivity contribution in [2.45, 2.75) is 32.0 Å². The summed E-state index contributed by atoms with van der Waals surface area (Å²) in [4.78, 5) is 20.8. The fourth-order valence-electron chi connectivity index (χ4n) is 3.08. The van der Waals surface area contributed by atoms with Gasteiger partial charge in [0.2, 0.25) is 5.89 Å². The van der Waals surface area contributed by atoms with Gasteiger partial charge in [0.1, 0.15) is 17.5 Å². The Balaban J connectivity index is 1.34. The molecule has 4 rings (SSSR count). The van der Waals surface area contributed by atoms with Crippen LogP contribution in [-0.2, 0) is 11.3 Å². The number of carbonyl (C=O) groups is 1. The van der Waals surface area contributed by atoms with Crippen molar-refractivity contribution in [3.8, 4) is 5.75 Å². The van der Waals surface area contributed by atoms with Crippen LogP contribution < -0.4 is 10.1 Å². The molecule has 140 valence electrons. The van der Waals surface area contributed by atoms with Crippen molar-refractivity contribution >= 4 is 16.8 Å². The van der Waals surface area contributed by atoms with Gasteiger partial charge in [0.05, 0.1) is 6.10 Å². The number of ether oxygens (including phenoxy) is 2. The van der Waals surface area contributed by atoms with E-state index in [0.717, 1.165) is 36.8 Å². The van der Waals surface area contributed by atoms with E-state index in [2.05, 4.69) is 15.3 Å². The Hall–Kier alpha value is -2.93. The zero-order valence-electron chi connectivity index (χ0n) is 14.9. The Bertz CT molecular complexity index is 913. The summed E-state index contributed by atoms with van der Waals surface area (Å²) >= 11 is 0. The summed E-state index contributed by atoms with van der Waals surface area (Å²) in [6.45, 7) is 1.36. The van der Waals surface area contributed by atoms with E-state index < -0.39 is 0 Å². The predicted molar refractivity (Wildman–Crippen MR) is 98.5 cm³/mol. The fraction of sp³-hybridized carbons (Fsp3) is 0.350. The standard InChI is InChI=1S/C20H21N3O4/c24-20(22-11-15-7-1-2-10-25-15)16-12-27-18(23-16)13-26-17-8-3-5-14-6-4-9-21-19(14)17/h3-6,8-9,12,15H,1-2,7,10-11,13H2,(H,22,24). The van der Waals surface area contributed by atoms with Crippen molar-refractivity contribution in [2.24, 2.45) is 0 Å². The number of aromatic nitrogens is 2. The zero-order chi connectivity index (χ0) is 18.5. The quantitative estimate of drug-likeness (QED) is 0.720. The van der Waals surface area contributed by atoms with Crippen molar-refractivity contribution in [3.63, 3.8) is 0 Å². The maximum Gasteiger partial charge on any atom is 0.273 e. The van der Waals surface area contributed by atoms with Crippen LogP contribution in [0.4, 0.5) is 0 Å². The second-order valence-corrected chi connectivity index (χ2v) is 6.45. The normalized spacial score (nSPS) is 17.0. The van der Waals surface area contributed by atoms with Crippen LogP contribution in [0.5, 0.6) is 5.75 Å². The Labute approximate surface area is 156 Å². The molecule has 1 aliphatic rings. The van der Waals surface area contributed by atoms with Crippen molar-refractivity contribution in [1.29, 1.82) is 0 Å². The molecule has 0 spiro atoms. The highest BCUT2D eigenvalue weighted by molar-refractivity contribution is 5.91. The lowest BCUT2D eigenvalue weighted by molar-refractivity contribution is 0.0168. The molecule has 1 aromatic carbocycles. The molecular weight excluding hydrogens is 346 g/mol. The SMILES string of the molecule is O=C(NCC1CCCCO1)c1coc(COc2cccc3cccnc23)n1. The third-order valence-corrected chi connectivity index (χ3v) is 4.50. The summed E-state index contributed by atoms with van der Waals surface area (Å²) in [5.74, 6) is 0.708. The number of oxazole rings is 1. The van der Waals surface area contributed by atoms with E-state index in [9.17, 15) is 4.79 Å². The molecule has 3 heterocycles. The fourth-order valence-corrected chi connectivity index (χ4v) is 3.08. The minimum absolute atomic E-state index is 0.0799. The maximum absolute atomic E-state index is 12.2. The van der Waals surface area contributed by atoms with Gasteiger partial charge in [-0.1, -0.05) is 18.2 Å². The molecule has 1 N–H and O–H groups in total. The first-order chi connectivity index (χ1) is 13.3. The third-order valence-electron chi connectivity index (χ3n) is 4.50. The van der Waals surface area contributed by atoms with Crippen LogP contribution in [0.15, 0.2) is 47.2 Å². The molecule has 0 saturated carbocycles. The van der Waals surface area contributed by atoms with Crippen molar-refractivity contribution < 1.29 is 18.7 Å². The summed E-state index contributed by atoms with van der Waals surface area (Å²) in [7, 11) is 0. The molecule has 0 radical (unpaired) electrons. The highest BCUT2D eigenvalue weighted by Crippen LogP contribution is 2.23. The molecule has 7 nitrogen and oxygen atoms in total. The van der Waals surface area contributed by atoms with E-state index in [4.69, 9.17) is 13.9 Å². The molecular formula is C20H21N3O4. The monoisotopic (exact) mass is 367 g/mol. The van der Waals surface area contributed by atoms with Crippen LogP contribution in [-0.4, -0.2) is 35.1 Å². The van der Waals surface area contributed by atoms with E-state index in [1.807, 2.05) is 30.3 Å². The van der Waals surface area contributed by atoms with Gasteiger partial charge in [-0.05, 0) is 31.4 Å². The largest absolute Gasteiger partial charge is 0.482 e. The van der Waals surface area contributed by atoms with Crippen molar-refractivity contribution in [3.05, 3.63) is 54.4 Å². The van der Waals surface area contributed by atoms with Crippen molar-refractivity contribution in [1.82, 2.24) is 15.3 Å². The molecule has 1 atom stereocenters. The molecule has 2 aromatic heterocycles. The maximum atomic E-state index is 12.2. The minimum atomic E-state index is -0.272. The average Bonchev–Trinajstić information content (AvgIpc) is 3.20. The molecule has 1 aliphatic heterocycles. The smallest absolute Gasteiger partial charge is 0.273 e. The number of para-hydroxylation sites is 1. The van der Waals surface area contributed by atoms with E-state index in [0.29, 0.717) is 18.2 Å². The number of hydrogen-bond donors (Lipinski definition) is 1. The van der Waals surface area contributed by atoms with Gasteiger partial charge in [0.25, 0.3) is 5.91 Å². The molecule has 7 heteroatoms.